The van der Waals surface area contributed by atoms with Crippen LogP contribution in [0.3, 0.4) is 0 Å². The number of carbonyl (C=O) groups excluding carboxylic acids is 4. The summed E-state index contributed by atoms with van der Waals surface area (Å²) in [6.07, 6.45) is 5.45. The van der Waals surface area contributed by atoms with E-state index in [-0.39, 0.29) is 28.9 Å². The predicted octanol–water partition coefficient (Wildman–Crippen LogP) is 4.71. The molecule has 0 saturated carbocycles. The van der Waals surface area contributed by atoms with Crippen molar-refractivity contribution in [3.05, 3.63) is 96.1 Å². The van der Waals surface area contributed by atoms with Gasteiger partial charge in [0, 0.05) is 55.8 Å². The number of unbranched alkanes of at least 4 members (excludes halogenated alkanes) is 3. The highest BCUT2D eigenvalue weighted by Crippen LogP contribution is 2.31. The summed E-state index contributed by atoms with van der Waals surface area (Å²) in [5, 5.41) is 10.2. The number of anilines is 3. The Kier molecular flexibility index (Phi) is 10.9. The average molecular weight is 805 g/mol. The summed E-state index contributed by atoms with van der Waals surface area (Å²) < 4.78 is 31.5. The molecule has 2 N–H and O–H groups in total. The van der Waals surface area contributed by atoms with Gasteiger partial charge in [-0.2, -0.15) is 4.98 Å². The molecule has 3 aromatic carbocycles. The van der Waals surface area contributed by atoms with Crippen LogP contribution < -0.4 is 20.3 Å². The molecule has 4 amide bonds. The average Bonchev–Trinajstić information content (AvgIpc) is 3.74. The Bertz CT molecular complexity index is 2480. The molecule has 8 rings (SSSR count). The number of fused-ring (bicyclic) bond motifs is 2. The topological polar surface area (TPSA) is 176 Å². The molecular formula is C42H44N8O7S. The summed E-state index contributed by atoms with van der Waals surface area (Å²) >= 11 is 0. The molecule has 3 aliphatic rings. The van der Waals surface area contributed by atoms with Gasteiger partial charge in [0.1, 0.15) is 11.8 Å². The number of sulfone groups is 1. The van der Waals surface area contributed by atoms with E-state index in [1.54, 1.807) is 47.0 Å². The highest BCUT2D eigenvalue weighted by molar-refractivity contribution is 7.90. The predicted molar refractivity (Wildman–Crippen MR) is 217 cm³/mol. The van der Waals surface area contributed by atoms with Crippen molar-refractivity contribution < 1.29 is 32.3 Å². The monoisotopic (exact) mass is 804 g/mol. The Morgan fingerprint density at radius 1 is 0.828 bits per heavy atom. The number of ether oxygens (including phenoxy) is 1. The molecule has 2 fully saturated rings. The lowest BCUT2D eigenvalue weighted by molar-refractivity contribution is -0.136. The lowest BCUT2D eigenvalue weighted by atomic mass is 10.0. The van der Waals surface area contributed by atoms with Gasteiger partial charge in [0.25, 0.3) is 11.8 Å². The number of aromatic nitrogens is 3. The first-order valence-electron chi connectivity index (χ1n) is 19.5. The molecule has 3 aliphatic heterocycles. The fourth-order valence-corrected chi connectivity index (χ4v) is 8.32. The Morgan fingerprint density at radius 3 is 2.31 bits per heavy atom. The summed E-state index contributed by atoms with van der Waals surface area (Å²) in [4.78, 5) is 60.6. The van der Waals surface area contributed by atoms with Crippen molar-refractivity contribution in [3.8, 4) is 17.0 Å². The van der Waals surface area contributed by atoms with Crippen LogP contribution in [-0.4, -0.2) is 108 Å². The van der Waals surface area contributed by atoms with Crippen LogP contribution >= 0.6 is 0 Å². The van der Waals surface area contributed by atoms with Gasteiger partial charge in [0.05, 0.1) is 28.3 Å². The molecule has 0 radical (unpaired) electrons. The number of piperazine rings is 1. The number of rotatable bonds is 14. The van der Waals surface area contributed by atoms with E-state index in [2.05, 4.69) is 42.6 Å². The zero-order valence-electron chi connectivity index (χ0n) is 32.1. The van der Waals surface area contributed by atoms with Crippen LogP contribution in [0.2, 0.25) is 0 Å². The van der Waals surface area contributed by atoms with E-state index < -0.39 is 39.5 Å². The zero-order chi connectivity index (χ0) is 40.4. The first-order chi connectivity index (χ1) is 28.0. The smallest absolute Gasteiger partial charge is 0.262 e. The van der Waals surface area contributed by atoms with Gasteiger partial charge in [-0.3, -0.25) is 34.3 Å². The number of piperidine rings is 1. The first kappa shape index (κ1) is 38.7. The highest BCUT2D eigenvalue weighted by atomic mass is 32.2. The van der Waals surface area contributed by atoms with Crippen molar-refractivity contribution in [2.24, 2.45) is 0 Å². The van der Waals surface area contributed by atoms with E-state index in [9.17, 15) is 27.6 Å². The Morgan fingerprint density at radius 2 is 1.57 bits per heavy atom. The molecule has 15 nitrogen and oxygen atoms in total. The maximum absolute atomic E-state index is 13.1. The minimum absolute atomic E-state index is 0.0796. The van der Waals surface area contributed by atoms with Gasteiger partial charge in [-0.1, -0.05) is 31.0 Å². The number of nitrogens with zero attached hydrogens (tertiary/aromatic N) is 6. The molecule has 0 aliphatic carbocycles. The molecule has 5 heterocycles. The second-order valence-electron chi connectivity index (χ2n) is 14.8. The van der Waals surface area contributed by atoms with E-state index >= 15 is 0 Å². The van der Waals surface area contributed by atoms with Gasteiger partial charge in [0.2, 0.25) is 17.8 Å². The van der Waals surface area contributed by atoms with Crippen LogP contribution in [0.15, 0.2) is 89.8 Å². The van der Waals surface area contributed by atoms with Crippen molar-refractivity contribution >= 4 is 56.4 Å². The van der Waals surface area contributed by atoms with Crippen LogP contribution in [0.4, 0.5) is 17.3 Å². The number of nitrogens with one attached hydrogen (secondary N) is 2. The van der Waals surface area contributed by atoms with Crippen molar-refractivity contribution in [1.29, 1.82) is 0 Å². The summed E-state index contributed by atoms with van der Waals surface area (Å²) in [7, 11) is -3.28. The van der Waals surface area contributed by atoms with Crippen LogP contribution in [0.5, 0.6) is 5.75 Å². The second-order valence-corrected chi connectivity index (χ2v) is 16.8. The molecule has 2 aromatic heterocycles. The number of amides is 4. The molecule has 0 bridgehead atoms. The third-order valence-corrected chi connectivity index (χ3v) is 12.0. The number of carbonyl (C=O) groups is 4. The number of hydrogen-bond donors (Lipinski definition) is 2. The fourth-order valence-electron chi connectivity index (χ4n) is 7.68. The van der Waals surface area contributed by atoms with Crippen molar-refractivity contribution in [2.45, 2.75) is 49.5 Å². The minimum Gasteiger partial charge on any atom is -0.494 e. The van der Waals surface area contributed by atoms with Crippen molar-refractivity contribution in [2.75, 3.05) is 55.8 Å². The summed E-state index contributed by atoms with van der Waals surface area (Å²) in [6, 6.07) is 24.6. The quantitative estimate of drug-likeness (QED) is 0.117. The van der Waals surface area contributed by atoms with Gasteiger partial charge < -0.3 is 15.0 Å². The van der Waals surface area contributed by atoms with Crippen LogP contribution in [-0.2, 0) is 19.4 Å². The molecule has 2 saturated heterocycles. The normalized spacial score (nSPS) is 17.5. The Labute approximate surface area is 335 Å². The molecule has 0 spiro atoms. The maximum Gasteiger partial charge on any atom is 0.262 e. The van der Waals surface area contributed by atoms with E-state index in [1.807, 2.05) is 30.3 Å². The first-order valence-corrected chi connectivity index (χ1v) is 21.4. The van der Waals surface area contributed by atoms with E-state index in [0.29, 0.717) is 24.0 Å². The molecule has 1 unspecified atom stereocenters. The van der Waals surface area contributed by atoms with Crippen LogP contribution in [0.1, 0.15) is 59.2 Å². The van der Waals surface area contributed by atoms with E-state index in [0.717, 1.165) is 80.3 Å². The molecular weight excluding hydrogens is 761 g/mol. The SMILES string of the molecule is CS(=O)(=O)c1ccc(-c2cccc3nc(Nc4ccc(N5CCN(CCCCCCOc6ccc7c(c6)C(=O)N(C6CCC(=O)NC6=O)C7=O)CC5)cc4)nn23)cc1. The highest BCUT2D eigenvalue weighted by Gasteiger charge is 2.44. The van der Waals surface area contributed by atoms with Crippen molar-refractivity contribution in [1.82, 2.24) is 29.7 Å². The number of imide groups is 2. The van der Waals surface area contributed by atoms with Crippen molar-refractivity contribution in [3.63, 3.8) is 0 Å². The van der Waals surface area contributed by atoms with E-state index in [4.69, 9.17) is 4.74 Å². The second kappa shape index (κ2) is 16.4. The Hall–Kier alpha value is -6.13. The van der Waals surface area contributed by atoms with Crippen LogP contribution in [0.25, 0.3) is 16.9 Å². The molecule has 300 valence electrons. The zero-order valence-corrected chi connectivity index (χ0v) is 32.9. The molecule has 5 aromatic rings. The summed E-state index contributed by atoms with van der Waals surface area (Å²) in [6.45, 7) is 5.42. The largest absolute Gasteiger partial charge is 0.494 e. The van der Waals surface area contributed by atoms with E-state index in [1.165, 1.54) is 11.9 Å². The number of hydrogen-bond acceptors (Lipinski definition) is 12. The fraction of sp³-hybridized carbons (Fsp3) is 0.333. The third kappa shape index (κ3) is 8.29. The Balaban J connectivity index is 0.742. The van der Waals surface area contributed by atoms with Gasteiger partial charge in [-0.25, -0.2) is 12.9 Å². The standard InChI is InChI=1S/C42H44N8O7S/c1-58(55,56)32-16-9-28(10-17-32)35-7-6-8-37-44-42(46-50(35)37)43-29-11-13-30(14-12-29)48-24-22-47(23-25-48)21-4-2-3-5-26-57-31-15-18-33-34(27-31)41(54)49(40(33)53)36-19-20-38(51)45-39(36)52/h6-18,27,36H,2-5,19-26H2,1H3,(H,43,46)(H,45,51,52). The van der Waals surface area contributed by atoms with Crippen LogP contribution in [0, 0.1) is 0 Å². The van der Waals surface area contributed by atoms with Gasteiger partial charge in [-0.15, -0.1) is 5.10 Å². The lowest BCUT2D eigenvalue weighted by Gasteiger charge is -2.36. The number of pyridine rings is 1. The minimum atomic E-state index is -3.28. The third-order valence-electron chi connectivity index (χ3n) is 10.8. The van der Waals surface area contributed by atoms with Gasteiger partial charge in [-0.05, 0) is 92.5 Å². The molecule has 58 heavy (non-hydrogen) atoms. The summed E-state index contributed by atoms with van der Waals surface area (Å²) in [5.41, 5.74) is 4.80. The van der Waals surface area contributed by atoms with Gasteiger partial charge in [0.15, 0.2) is 15.5 Å². The maximum atomic E-state index is 13.1. The van der Waals surface area contributed by atoms with Gasteiger partial charge >= 0.3 is 0 Å². The summed E-state index contributed by atoms with van der Waals surface area (Å²) in [5.74, 6) is -1.13. The molecule has 1 atom stereocenters. The molecule has 16 heteroatoms. The lowest BCUT2D eigenvalue weighted by Crippen LogP contribution is -2.54. The number of benzene rings is 3.